The average molecular weight is 597 g/mol. The number of carbonyl (C=O) groups excluding carboxylic acids is 1. The number of ether oxygens (including phenoxy) is 1. The molecule has 0 radical (unpaired) electrons. The molecule has 0 atom stereocenters. The largest absolute Gasteiger partial charge is 0.439 e. The van der Waals surface area contributed by atoms with Crippen LogP contribution in [0.15, 0.2) is 134 Å². The highest BCUT2D eigenvalue weighted by Gasteiger charge is 2.21. The van der Waals surface area contributed by atoms with Gasteiger partial charge in [0.15, 0.2) is 0 Å². The lowest BCUT2D eigenvalue weighted by molar-refractivity contribution is -0.133. The Balaban J connectivity index is 0.987. The number of aromatic nitrogens is 1. The predicted molar refractivity (Wildman–Crippen MR) is 180 cm³/mol. The van der Waals surface area contributed by atoms with Crippen molar-refractivity contribution in [2.24, 2.45) is 0 Å². The van der Waals surface area contributed by atoms with Crippen molar-refractivity contribution in [2.75, 3.05) is 31.1 Å². The van der Waals surface area contributed by atoms with Gasteiger partial charge in [-0.2, -0.15) is 0 Å². The fourth-order valence-electron chi connectivity index (χ4n) is 5.72. The van der Waals surface area contributed by atoms with Crippen LogP contribution in [0.4, 0.5) is 5.69 Å². The molecule has 228 valence electrons. The number of piperazine rings is 1. The third-order valence-electron chi connectivity index (χ3n) is 8.27. The minimum Gasteiger partial charge on any atom is -0.439 e. The first-order valence-corrected chi connectivity index (χ1v) is 15.8. The zero-order chi connectivity index (χ0) is 30.7. The Morgan fingerprint density at radius 2 is 1.22 bits per heavy atom. The summed E-state index contributed by atoms with van der Waals surface area (Å²) in [5.74, 6) is 1.50. The standard InChI is InChI=1S/C39H40N4O2/c44-39(42-26-24-41(25-27-42)29-33-10-4-1-5-11-33)23-18-32-16-20-37(21-17-32)45-38-22-19-36(28-40-38)43(30-34-12-6-2-7-13-34)31-35-14-8-3-9-15-35/h1-17,19-22,28H,18,23-27,29-31H2. The van der Waals surface area contributed by atoms with Crippen molar-refractivity contribution in [3.8, 4) is 11.6 Å². The molecule has 5 aromatic rings. The predicted octanol–water partition coefficient (Wildman–Crippen LogP) is 7.36. The maximum absolute atomic E-state index is 12.9. The number of rotatable bonds is 12. The molecule has 1 aliphatic rings. The van der Waals surface area contributed by atoms with E-state index in [2.05, 4.69) is 93.6 Å². The fourth-order valence-corrected chi connectivity index (χ4v) is 5.72. The minimum atomic E-state index is 0.229. The van der Waals surface area contributed by atoms with E-state index in [0.717, 1.165) is 69.2 Å². The first-order valence-electron chi connectivity index (χ1n) is 15.8. The second kappa shape index (κ2) is 15.2. The molecule has 0 spiro atoms. The molecule has 1 fully saturated rings. The van der Waals surface area contributed by atoms with E-state index in [-0.39, 0.29) is 5.91 Å². The van der Waals surface area contributed by atoms with E-state index in [1.54, 1.807) is 0 Å². The van der Waals surface area contributed by atoms with Gasteiger partial charge in [0.25, 0.3) is 0 Å². The van der Waals surface area contributed by atoms with Crippen LogP contribution in [0.5, 0.6) is 11.6 Å². The lowest BCUT2D eigenvalue weighted by Gasteiger charge is -2.34. The van der Waals surface area contributed by atoms with Gasteiger partial charge in [-0.3, -0.25) is 9.69 Å². The van der Waals surface area contributed by atoms with Gasteiger partial charge in [0, 0.05) is 58.3 Å². The van der Waals surface area contributed by atoms with Crippen molar-refractivity contribution in [3.05, 3.63) is 156 Å². The summed E-state index contributed by atoms with van der Waals surface area (Å²) in [6.07, 6.45) is 3.11. The summed E-state index contributed by atoms with van der Waals surface area (Å²) in [4.78, 5) is 24.3. The normalized spacial score (nSPS) is 13.4. The Labute approximate surface area is 266 Å². The van der Waals surface area contributed by atoms with Gasteiger partial charge < -0.3 is 14.5 Å². The maximum Gasteiger partial charge on any atom is 0.222 e. The molecule has 1 saturated heterocycles. The maximum atomic E-state index is 12.9. The van der Waals surface area contributed by atoms with Crippen molar-refractivity contribution in [1.29, 1.82) is 0 Å². The van der Waals surface area contributed by atoms with E-state index in [9.17, 15) is 4.79 Å². The second-order valence-electron chi connectivity index (χ2n) is 11.6. The van der Waals surface area contributed by atoms with E-state index < -0.39 is 0 Å². The molecule has 0 bridgehead atoms. The highest BCUT2D eigenvalue weighted by molar-refractivity contribution is 5.76. The number of pyridine rings is 1. The van der Waals surface area contributed by atoms with Gasteiger partial charge in [-0.05, 0) is 46.9 Å². The van der Waals surface area contributed by atoms with Gasteiger partial charge >= 0.3 is 0 Å². The molecular weight excluding hydrogens is 556 g/mol. The van der Waals surface area contributed by atoms with Gasteiger partial charge in [0.05, 0.1) is 11.9 Å². The Kier molecular flexibility index (Phi) is 10.2. The van der Waals surface area contributed by atoms with E-state index in [0.29, 0.717) is 12.3 Å². The zero-order valence-electron chi connectivity index (χ0n) is 25.7. The molecule has 0 aliphatic carbocycles. The topological polar surface area (TPSA) is 48.9 Å². The first-order chi connectivity index (χ1) is 22.2. The zero-order valence-corrected chi connectivity index (χ0v) is 25.7. The molecule has 4 aromatic carbocycles. The first kappa shape index (κ1) is 30.1. The molecule has 2 heterocycles. The molecule has 0 saturated carbocycles. The third kappa shape index (κ3) is 8.80. The molecule has 0 N–H and O–H groups in total. The number of hydrogen-bond donors (Lipinski definition) is 0. The summed E-state index contributed by atoms with van der Waals surface area (Å²) >= 11 is 0. The van der Waals surface area contributed by atoms with Crippen LogP contribution in [0.3, 0.4) is 0 Å². The molecule has 1 aromatic heterocycles. The van der Waals surface area contributed by atoms with Crippen LogP contribution < -0.4 is 9.64 Å². The van der Waals surface area contributed by atoms with Gasteiger partial charge in [0.1, 0.15) is 5.75 Å². The monoisotopic (exact) mass is 596 g/mol. The van der Waals surface area contributed by atoms with Gasteiger partial charge in [-0.15, -0.1) is 0 Å². The van der Waals surface area contributed by atoms with Crippen molar-refractivity contribution in [1.82, 2.24) is 14.8 Å². The Hall–Kier alpha value is -4.94. The van der Waals surface area contributed by atoms with Crippen molar-refractivity contribution >= 4 is 11.6 Å². The fraction of sp³-hybridized carbons (Fsp3) is 0.231. The van der Waals surface area contributed by atoms with Crippen LogP contribution in [0.2, 0.25) is 0 Å². The molecule has 6 heteroatoms. The van der Waals surface area contributed by atoms with Crippen molar-refractivity contribution in [3.63, 3.8) is 0 Å². The number of hydrogen-bond acceptors (Lipinski definition) is 5. The summed E-state index contributed by atoms with van der Waals surface area (Å²) in [7, 11) is 0. The van der Waals surface area contributed by atoms with Gasteiger partial charge in [-0.1, -0.05) is 103 Å². The SMILES string of the molecule is O=C(CCc1ccc(Oc2ccc(N(Cc3ccccc3)Cc3ccccc3)cn2)cc1)N1CCN(Cc2ccccc2)CC1. The van der Waals surface area contributed by atoms with E-state index in [1.807, 2.05) is 59.6 Å². The average Bonchev–Trinajstić information content (AvgIpc) is 3.10. The van der Waals surface area contributed by atoms with Crippen LogP contribution in [0.25, 0.3) is 0 Å². The molecule has 6 rings (SSSR count). The minimum absolute atomic E-state index is 0.229. The molecule has 45 heavy (non-hydrogen) atoms. The van der Waals surface area contributed by atoms with Crippen LogP contribution in [0.1, 0.15) is 28.7 Å². The molecule has 1 aliphatic heterocycles. The summed E-state index contributed by atoms with van der Waals surface area (Å²) in [6, 6.07) is 43.5. The molecule has 1 amide bonds. The number of carbonyl (C=O) groups is 1. The molecular formula is C39H40N4O2. The lowest BCUT2D eigenvalue weighted by Crippen LogP contribution is -2.48. The van der Waals surface area contributed by atoms with Crippen LogP contribution in [0, 0.1) is 0 Å². The highest BCUT2D eigenvalue weighted by Crippen LogP contribution is 2.25. The van der Waals surface area contributed by atoms with Crippen LogP contribution in [-0.4, -0.2) is 46.9 Å². The number of benzene rings is 4. The smallest absolute Gasteiger partial charge is 0.222 e. The Morgan fingerprint density at radius 3 is 1.78 bits per heavy atom. The summed E-state index contributed by atoms with van der Waals surface area (Å²) in [6.45, 7) is 5.93. The lowest BCUT2D eigenvalue weighted by atomic mass is 10.1. The van der Waals surface area contributed by atoms with E-state index in [4.69, 9.17) is 4.74 Å². The van der Waals surface area contributed by atoms with Crippen LogP contribution >= 0.6 is 0 Å². The van der Waals surface area contributed by atoms with Gasteiger partial charge in [0.2, 0.25) is 11.8 Å². The van der Waals surface area contributed by atoms with Crippen LogP contribution in [-0.2, 0) is 30.8 Å². The number of aryl methyl sites for hydroxylation is 1. The number of amides is 1. The number of anilines is 1. The van der Waals surface area contributed by atoms with Crippen molar-refractivity contribution in [2.45, 2.75) is 32.5 Å². The third-order valence-corrected chi connectivity index (χ3v) is 8.27. The van der Waals surface area contributed by atoms with Gasteiger partial charge in [-0.25, -0.2) is 4.98 Å². The quantitative estimate of drug-likeness (QED) is 0.151. The Morgan fingerprint density at radius 1 is 0.644 bits per heavy atom. The van der Waals surface area contributed by atoms with E-state index >= 15 is 0 Å². The Bertz CT molecular complexity index is 1560. The molecule has 6 nitrogen and oxygen atoms in total. The van der Waals surface area contributed by atoms with E-state index in [1.165, 1.54) is 16.7 Å². The highest BCUT2D eigenvalue weighted by atomic mass is 16.5. The summed E-state index contributed by atoms with van der Waals surface area (Å²) in [5, 5.41) is 0. The number of nitrogens with zero attached hydrogens (tertiary/aromatic N) is 4. The second-order valence-corrected chi connectivity index (χ2v) is 11.6. The molecule has 0 unspecified atom stereocenters. The van der Waals surface area contributed by atoms with Crippen molar-refractivity contribution < 1.29 is 9.53 Å². The summed E-state index contributed by atoms with van der Waals surface area (Å²) in [5.41, 5.74) is 5.97. The summed E-state index contributed by atoms with van der Waals surface area (Å²) < 4.78 is 6.07.